The van der Waals surface area contributed by atoms with Crippen molar-refractivity contribution in [2.24, 2.45) is 5.92 Å². The third-order valence-electron chi connectivity index (χ3n) is 3.04. The Morgan fingerprint density at radius 2 is 2.22 bits per heavy atom. The summed E-state index contributed by atoms with van der Waals surface area (Å²) < 4.78 is 5.41. The van der Waals surface area contributed by atoms with Gasteiger partial charge in [-0.1, -0.05) is 13.3 Å². The van der Waals surface area contributed by atoms with Gasteiger partial charge in [-0.15, -0.1) is 0 Å². The van der Waals surface area contributed by atoms with Crippen LogP contribution in [0.3, 0.4) is 0 Å². The van der Waals surface area contributed by atoms with Crippen LogP contribution >= 0.6 is 0 Å². The van der Waals surface area contributed by atoms with Crippen LogP contribution in [0, 0.1) is 5.92 Å². The van der Waals surface area contributed by atoms with Crippen LogP contribution in [0.2, 0.25) is 0 Å². The van der Waals surface area contributed by atoms with E-state index in [0.29, 0.717) is 32.5 Å². The lowest BCUT2D eigenvalue weighted by Gasteiger charge is -2.21. The molecule has 0 aliphatic carbocycles. The lowest BCUT2D eigenvalue weighted by atomic mass is 9.98. The minimum absolute atomic E-state index is 0.0448. The minimum Gasteiger partial charge on any atom is -0.381 e. The van der Waals surface area contributed by atoms with Crippen molar-refractivity contribution in [3.8, 4) is 0 Å². The Hall–Kier alpha value is -1.10. The fraction of sp³-hybridized carbons (Fsp3) is 0.846. The fourth-order valence-electron chi connectivity index (χ4n) is 1.84. The fourth-order valence-corrected chi connectivity index (χ4v) is 1.84. The lowest BCUT2D eigenvalue weighted by Crippen LogP contribution is -2.43. The predicted octanol–water partition coefficient (Wildman–Crippen LogP) is 0.836. The summed E-state index contributed by atoms with van der Waals surface area (Å²) in [7, 11) is 0. The molecule has 1 aliphatic rings. The van der Waals surface area contributed by atoms with Crippen molar-refractivity contribution >= 4 is 11.8 Å². The second-order valence-electron chi connectivity index (χ2n) is 4.65. The van der Waals surface area contributed by atoms with Gasteiger partial charge in [-0.05, 0) is 19.3 Å². The molecule has 1 rings (SSSR count). The average Bonchev–Trinajstić information content (AvgIpc) is 2.38. The molecule has 1 fully saturated rings. The van der Waals surface area contributed by atoms with Crippen molar-refractivity contribution in [1.29, 1.82) is 0 Å². The molecule has 0 spiro atoms. The number of hydrogen-bond donors (Lipinski definition) is 2. The summed E-state index contributed by atoms with van der Waals surface area (Å²) in [4.78, 5) is 22.7. The van der Waals surface area contributed by atoms with Gasteiger partial charge in [0, 0.05) is 32.7 Å². The predicted molar refractivity (Wildman–Crippen MR) is 69.1 cm³/mol. The van der Waals surface area contributed by atoms with Crippen LogP contribution in [0.25, 0.3) is 0 Å². The highest BCUT2D eigenvalue weighted by Crippen LogP contribution is 2.10. The van der Waals surface area contributed by atoms with E-state index in [0.717, 1.165) is 25.9 Å². The number of hydrogen-bond acceptors (Lipinski definition) is 3. The highest BCUT2D eigenvalue weighted by molar-refractivity contribution is 5.83. The molecule has 1 heterocycles. The summed E-state index contributed by atoms with van der Waals surface area (Å²) in [6, 6.07) is 0. The molecule has 5 heteroatoms. The van der Waals surface area contributed by atoms with Gasteiger partial charge >= 0.3 is 0 Å². The second-order valence-corrected chi connectivity index (χ2v) is 4.65. The molecule has 0 aromatic rings. The van der Waals surface area contributed by atoms with E-state index >= 15 is 0 Å². The van der Waals surface area contributed by atoms with Crippen LogP contribution in [-0.4, -0.2) is 38.1 Å². The van der Waals surface area contributed by atoms with Crippen LogP contribution in [-0.2, 0) is 14.3 Å². The van der Waals surface area contributed by atoms with Gasteiger partial charge in [-0.2, -0.15) is 0 Å². The van der Waals surface area contributed by atoms with Crippen LogP contribution in [0.5, 0.6) is 0 Å². The zero-order chi connectivity index (χ0) is 13.2. The first-order valence-electron chi connectivity index (χ1n) is 6.86. The smallest absolute Gasteiger partial charge is 0.224 e. The maximum absolute atomic E-state index is 11.7. The molecule has 2 N–H and O–H groups in total. The van der Waals surface area contributed by atoms with Gasteiger partial charge in [0.1, 0.15) is 0 Å². The Kier molecular flexibility index (Phi) is 7.41. The van der Waals surface area contributed by atoms with Crippen molar-refractivity contribution in [2.45, 2.75) is 39.0 Å². The number of nitrogens with one attached hydrogen (secondary N) is 2. The van der Waals surface area contributed by atoms with Gasteiger partial charge in [0.05, 0.1) is 5.92 Å². The largest absolute Gasteiger partial charge is 0.381 e. The molecular formula is C13H24N2O3. The molecule has 1 aliphatic heterocycles. The van der Waals surface area contributed by atoms with E-state index in [1.165, 1.54) is 0 Å². The third-order valence-corrected chi connectivity index (χ3v) is 3.04. The summed E-state index contributed by atoms with van der Waals surface area (Å²) in [6.45, 7) is 4.75. The number of ether oxygens (including phenoxy) is 1. The standard InChI is InChI=1S/C13H24N2O3/c1-2-3-8-18-9-4-7-14-13(17)11-5-6-12(16)15-10-11/h11H,2-10H2,1H3,(H,14,17)(H,15,16). The Morgan fingerprint density at radius 1 is 1.44 bits per heavy atom. The lowest BCUT2D eigenvalue weighted by molar-refractivity contribution is -0.128. The quantitative estimate of drug-likeness (QED) is 0.632. The van der Waals surface area contributed by atoms with E-state index in [1.54, 1.807) is 0 Å². The van der Waals surface area contributed by atoms with E-state index in [4.69, 9.17) is 4.74 Å². The number of carbonyl (C=O) groups excluding carboxylic acids is 2. The van der Waals surface area contributed by atoms with Crippen LogP contribution in [0.4, 0.5) is 0 Å². The molecule has 2 amide bonds. The maximum Gasteiger partial charge on any atom is 0.224 e. The summed E-state index contributed by atoms with van der Waals surface area (Å²) in [5, 5.41) is 5.60. The van der Waals surface area contributed by atoms with Crippen molar-refractivity contribution in [3.05, 3.63) is 0 Å². The highest BCUT2D eigenvalue weighted by atomic mass is 16.5. The number of unbranched alkanes of at least 4 members (excludes halogenated alkanes) is 1. The Morgan fingerprint density at radius 3 is 2.89 bits per heavy atom. The topological polar surface area (TPSA) is 67.4 Å². The van der Waals surface area contributed by atoms with Gasteiger partial charge in [0.25, 0.3) is 0 Å². The van der Waals surface area contributed by atoms with E-state index in [2.05, 4.69) is 17.6 Å². The van der Waals surface area contributed by atoms with Crippen LogP contribution < -0.4 is 10.6 Å². The molecule has 0 bridgehead atoms. The molecule has 0 aromatic heterocycles. The van der Waals surface area contributed by atoms with Crippen molar-refractivity contribution in [2.75, 3.05) is 26.3 Å². The third kappa shape index (κ3) is 6.00. The Bertz CT molecular complexity index is 259. The summed E-state index contributed by atoms with van der Waals surface area (Å²) in [5.74, 6) is 0.0237. The number of amides is 2. The molecule has 1 saturated heterocycles. The highest BCUT2D eigenvalue weighted by Gasteiger charge is 2.23. The monoisotopic (exact) mass is 256 g/mol. The molecule has 0 aromatic carbocycles. The molecule has 1 unspecified atom stereocenters. The first-order valence-corrected chi connectivity index (χ1v) is 6.86. The summed E-state index contributed by atoms with van der Waals surface area (Å²) >= 11 is 0. The van der Waals surface area contributed by atoms with Crippen LogP contribution in [0.15, 0.2) is 0 Å². The zero-order valence-electron chi connectivity index (χ0n) is 11.2. The van der Waals surface area contributed by atoms with Gasteiger partial charge in [0.15, 0.2) is 0 Å². The van der Waals surface area contributed by atoms with Gasteiger partial charge in [-0.25, -0.2) is 0 Å². The molecule has 0 radical (unpaired) electrons. The van der Waals surface area contributed by atoms with E-state index in [9.17, 15) is 9.59 Å². The van der Waals surface area contributed by atoms with E-state index in [-0.39, 0.29) is 17.7 Å². The van der Waals surface area contributed by atoms with Gasteiger partial charge < -0.3 is 15.4 Å². The number of carbonyl (C=O) groups is 2. The van der Waals surface area contributed by atoms with E-state index in [1.807, 2.05) is 0 Å². The molecule has 18 heavy (non-hydrogen) atoms. The first kappa shape index (κ1) is 15.0. The molecule has 0 saturated carbocycles. The second kappa shape index (κ2) is 8.91. The zero-order valence-corrected chi connectivity index (χ0v) is 11.2. The number of piperidine rings is 1. The molecular weight excluding hydrogens is 232 g/mol. The summed E-state index contributed by atoms with van der Waals surface area (Å²) in [6.07, 6.45) is 4.19. The van der Waals surface area contributed by atoms with Crippen LogP contribution in [0.1, 0.15) is 39.0 Å². The normalized spacial score (nSPS) is 19.4. The SMILES string of the molecule is CCCCOCCCNC(=O)C1CCC(=O)NC1. The summed E-state index contributed by atoms with van der Waals surface area (Å²) in [5.41, 5.74) is 0. The van der Waals surface area contributed by atoms with E-state index < -0.39 is 0 Å². The average molecular weight is 256 g/mol. The number of rotatable bonds is 8. The molecule has 1 atom stereocenters. The van der Waals surface area contributed by atoms with Gasteiger partial charge in [0.2, 0.25) is 11.8 Å². The first-order chi connectivity index (χ1) is 8.74. The maximum atomic E-state index is 11.7. The van der Waals surface area contributed by atoms with Crippen molar-refractivity contribution < 1.29 is 14.3 Å². The molecule has 104 valence electrons. The molecule has 5 nitrogen and oxygen atoms in total. The Labute approximate surface area is 109 Å². The Balaban J connectivity index is 1.98. The van der Waals surface area contributed by atoms with Gasteiger partial charge in [-0.3, -0.25) is 9.59 Å². The van der Waals surface area contributed by atoms with Crippen molar-refractivity contribution in [1.82, 2.24) is 10.6 Å². The minimum atomic E-state index is -0.0660. The van der Waals surface area contributed by atoms with Crippen molar-refractivity contribution in [3.63, 3.8) is 0 Å².